The molecule has 0 fully saturated rings. The van der Waals surface area contributed by atoms with E-state index >= 15 is 0 Å². The lowest BCUT2D eigenvalue weighted by Gasteiger charge is -2.08. The highest BCUT2D eigenvalue weighted by molar-refractivity contribution is 5.99. The number of hydrogen-bond acceptors (Lipinski definition) is 5. The molecule has 0 spiro atoms. The minimum atomic E-state index is -0.368. The first-order valence-corrected chi connectivity index (χ1v) is 8.58. The number of Topliss-reactive ketones (excluding diaryl/α,β-unsaturated/α-hetero) is 1. The minimum absolute atomic E-state index is 0.0322. The van der Waals surface area contributed by atoms with Crippen molar-refractivity contribution in [2.45, 2.75) is 19.8 Å². The first-order chi connectivity index (χ1) is 13.0. The summed E-state index contributed by atoms with van der Waals surface area (Å²) in [7, 11) is 0. The Balaban J connectivity index is 1.41. The van der Waals surface area contributed by atoms with Crippen molar-refractivity contribution in [1.29, 1.82) is 0 Å². The van der Waals surface area contributed by atoms with Gasteiger partial charge in [-0.15, -0.1) is 0 Å². The minimum Gasteiger partial charge on any atom is -0.454 e. The van der Waals surface area contributed by atoms with Crippen molar-refractivity contribution in [2.75, 3.05) is 18.7 Å². The standard InChI is InChI=1S/C20H20N2O5/c1-13-4-2-3-5-15(13)16(23)7-9-19(24)21-11-20(25)22-14-6-8-17-18(10-14)27-12-26-17/h2-6,8,10H,7,9,11-12H2,1H3,(H,21,24)(H,22,25). The first-order valence-electron chi connectivity index (χ1n) is 8.58. The normalized spacial score (nSPS) is 11.7. The molecule has 2 N–H and O–H groups in total. The number of ether oxygens (including phenoxy) is 2. The molecule has 7 heteroatoms. The highest BCUT2D eigenvalue weighted by atomic mass is 16.7. The number of rotatable bonds is 7. The summed E-state index contributed by atoms with van der Waals surface area (Å²) in [5, 5.41) is 5.19. The molecular formula is C20H20N2O5. The zero-order valence-electron chi connectivity index (χ0n) is 14.9. The Morgan fingerprint density at radius 2 is 1.74 bits per heavy atom. The van der Waals surface area contributed by atoms with Gasteiger partial charge in [0.1, 0.15) is 0 Å². The maximum absolute atomic E-state index is 12.2. The smallest absolute Gasteiger partial charge is 0.243 e. The fourth-order valence-electron chi connectivity index (χ4n) is 2.69. The molecule has 1 aliphatic rings. The summed E-state index contributed by atoms with van der Waals surface area (Å²) < 4.78 is 10.4. The number of fused-ring (bicyclic) bond motifs is 1. The molecule has 3 rings (SSSR count). The van der Waals surface area contributed by atoms with Crippen LogP contribution >= 0.6 is 0 Å². The van der Waals surface area contributed by atoms with Crippen molar-refractivity contribution in [3.05, 3.63) is 53.6 Å². The second-order valence-corrected chi connectivity index (χ2v) is 6.13. The van der Waals surface area contributed by atoms with Gasteiger partial charge in [-0.3, -0.25) is 14.4 Å². The Morgan fingerprint density at radius 1 is 0.963 bits per heavy atom. The third-order valence-corrected chi connectivity index (χ3v) is 4.13. The number of carbonyl (C=O) groups is 3. The monoisotopic (exact) mass is 368 g/mol. The van der Waals surface area contributed by atoms with Crippen molar-refractivity contribution in [1.82, 2.24) is 5.32 Å². The molecule has 140 valence electrons. The molecule has 1 heterocycles. The Labute approximate surface area is 156 Å². The van der Waals surface area contributed by atoms with Crippen LogP contribution in [0.15, 0.2) is 42.5 Å². The Morgan fingerprint density at radius 3 is 2.56 bits per heavy atom. The van der Waals surface area contributed by atoms with Crippen molar-refractivity contribution in [2.24, 2.45) is 0 Å². The number of aryl methyl sites for hydroxylation is 1. The van der Waals surface area contributed by atoms with Gasteiger partial charge in [-0.25, -0.2) is 0 Å². The van der Waals surface area contributed by atoms with Crippen LogP contribution in [0.4, 0.5) is 5.69 Å². The highest BCUT2D eigenvalue weighted by Gasteiger charge is 2.15. The van der Waals surface area contributed by atoms with Gasteiger partial charge < -0.3 is 20.1 Å². The molecule has 0 unspecified atom stereocenters. The second kappa shape index (κ2) is 8.35. The lowest BCUT2D eigenvalue weighted by molar-refractivity contribution is -0.124. The molecule has 27 heavy (non-hydrogen) atoms. The fourth-order valence-corrected chi connectivity index (χ4v) is 2.69. The maximum atomic E-state index is 12.2. The van der Waals surface area contributed by atoms with E-state index in [2.05, 4.69) is 10.6 Å². The number of ketones is 1. The van der Waals surface area contributed by atoms with E-state index in [0.29, 0.717) is 22.7 Å². The van der Waals surface area contributed by atoms with Gasteiger partial charge in [0, 0.05) is 30.2 Å². The Kier molecular flexibility index (Phi) is 5.71. The summed E-state index contributed by atoms with van der Waals surface area (Å²) in [6.45, 7) is 1.84. The predicted octanol–water partition coefficient (Wildman–Crippen LogP) is 2.44. The van der Waals surface area contributed by atoms with Gasteiger partial charge in [0.25, 0.3) is 0 Å². The van der Waals surface area contributed by atoms with Crippen LogP contribution < -0.4 is 20.1 Å². The lowest BCUT2D eigenvalue weighted by Crippen LogP contribution is -2.33. The molecule has 1 aliphatic heterocycles. The molecule has 0 saturated heterocycles. The van der Waals surface area contributed by atoms with Crippen molar-refractivity contribution < 1.29 is 23.9 Å². The van der Waals surface area contributed by atoms with Gasteiger partial charge in [-0.1, -0.05) is 24.3 Å². The highest BCUT2D eigenvalue weighted by Crippen LogP contribution is 2.34. The van der Waals surface area contributed by atoms with Crippen LogP contribution in [0, 0.1) is 6.92 Å². The molecule has 0 aliphatic carbocycles. The molecule has 7 nitrogen and oxygen atoms in total. The number of carbonyl (C=O) groups excluding carboxylic acids is 3. The maximum Gasteiger partial charge on any atom is 0.243 e. The van der Waals surface area contributed by atoms with Gasteiger partial charge in [0.2, 0.25) is 18.6 Å². The van der Waals surface area contributed by atoms with Crippen LogP contribution in [0.3, 0.4) is 0 Å². The van der Waals surface area contributed by atoms with Crippen molar-refractivity contribution in [3.8, 4) is 11.5 Å². The molecule has 2 aromatic carbocycles. The molecule has 2 aromatic rings. The lowest BCUT2D eigenvalue weighted by atomic mass is 10.0. The van der Waals surface area contributed by atoms with E-state index in [9.17, 15) is 14.4 Å². The molecule has 2 amide bonds. The Hall–Kier alpha value is -3.35. The van der Waals surface area contributed by atoms with Crippen molar-refractivity contribution in [3.63, 3.8) is 0 Å². The second-order valence-electron chi connectivity index (χ2n) is 6.13. The van der Waals surface area contributed by atoms with E-state index in [4.69, 9.17) is 9.47 Å². The van der Waals surface area contributed by atoms with Crippen LogP contribution in [0.2, 0.25) is 0 Å². The summed E-state index contributed by atoms with van der Waals surface area (Å²) in [6, 6.07) is 12.3. The zero-order valence-corrected chi connectivity index (χ0v) is 14.9. The van der Waals surface area contributed by atoms with E-state index in [-0.39, 0.29) is 43.8 Å². The molecule has 0 radical (unpaired) electrons. The number of benzene rings is 2. The summed E-state index contributed by atoms with van der Waals surface area (Å²) in [5.74, 6) is 0.379. The largest absolute Gasteiger partial charge is 0.454 e. The van der Waals surface area contributed by atoms with Gasteiger partial charge in [0.15, 0.2) is 17.3 Å². The number of amides is 2. The van der Waals surface area contributed by atoms with E-state index in [1.807, 2.05) is 19.1 Å². The van der Waals surface area contributed by atoms with Gasteiger partial charge in [0.05, 0.1) is 6.54 Å². The summed E-state index contributed by atoms with van der Waals surface area (Å²) in [4.78, 5) is 36.0. The number of hydrogen-bond donors (Lipinski definition) is 2. The van der Waals surface area contributed by atoms with Crippen molar-refractivity contribution >= 4 is 23.3 Å². The van der Waals surface area contributed by atoms with Crippen LogP contribution in [0.25, 0.3) is 0 Å². The van der Waals surface area contributed by atoms with E-state index in [0.717, 1.165) is 5.56 Å². The topological polar surface area (TPSA) is 93.7 Å². The summed E-state index contributed by atoms with van der Waals surface area (Å²) in [6.07, 6.45) is 0.130. The summed E-state index contributed by atoms with van der Waals surface area (Å²) in [5.41, 5.74) is 2.05. The number of nitrogens with one attached hydrogen (secondary N) is 2. The van der Waals surface area contributed by atoms with Crippen LogP contribution in [0.5, 0.6) is 11.5 Å². The van der Waals surface area contributed by atoms with Crippen LogP contribution in [0.1, 0.15) is 28.8 Å². The third-order valence-electron chi connectivity index (χ3n) is 4.13. The van der Waals surface area contributed by atoms with E-state index < -0.39 is 0 Å². The van der Waals surface area contributed by atoms with E-state index in [1.165, 1.54) is 0 Å². The molecular weight excluding hydrogens is 348 g/mol. The SMILES string of the molecule is Cc1ccccc1C(=O)CCC(=O)NCC(=O)Nc1ccc2c(c1)OCO2. The fraction of sp³-hybridized carbons (Fsp3) is 0.250. The van der Waals surface area contributed by atoms with Crippen LogP contribution in [-0.4, -0.2) is 30.9 Å². The Bertz CT molecular complexity index is 878. The molecule has 0 aromatic heterocycles. The molecule has 0 saturated carbocycles. The average molecular weight is 368 g/mol. The molecule has 0 bridgehead atoms. The summed E-state index contributed by atoms with van der Waals surface area (Å²) >= 11 is 0. The van der Waals surface area contributed by atoms with Gasteiger partial charge >= 0.3 is 0 Å². The van der Waals surface area contributed by atoms with Gasteiger partial charge in [-0.05, 0) is 24.6 Å². The first kappa shape index (κ1) is 18.4. The van der Waals surface area contributed by atoms with Gasteiger partial charge in [-0.2, -0.15) is 0 Å². The quantitative estimate of drug-likeness (QED) is 0.732. The number of anilines is 1. The zero-order chi connectivity index (χ0) is 19.2. The predicted molar refractivity (Wildman–Crippen MR) is 98.9 cm³/mol. The van der Waals surface area contributed by atoms with Crippen LogP contribution in [-0.2, 0) is 9.59 Å². The van der Waals surface area contributed by atoms with E-state index in [1.54, 1.807) is 30.3 Å². The average Bonchev–Trinajstić information content (AvgIpc) is 3.12. The third kappa shape index (κ3) is 4.84. The molecule has 0 atom stereocenters.